The van der Waals surface area contributed by atoms with E-state index in [1.54, 1.807) is 43.3 Å². The molecule has 4 rings (SSSR count). The van der Waals surface area contributed by atoms with Crippen molar-refractivity contribution in [1.29, 1.82) is 0 Å². The average molecular weight is 431 g/mol. The number of hydrogen-bond acceptors (Lipinski definition) is 5. The summed E-state index contributed by atoms with van der Waals surface area (Å²) in [4.78, 5) is 29.6. The molecule has 1 unspecified atom stereocenters. The van der Waals surface area contributed by atoms with Gasteiger partial charge in [0.2, 0.25) is 0 Å². The summed E-state index contributed by atoms with van der Waals surface area (Å²) in [7, 11) is 3.85. The lowest BCUT2D eigenvalue weighted by atomic mass is 9.98. The van der Waals surface area contributed by atoms with Gasteiger partial charge in [-0.2, -0.15) is 0 Å². The van der Waals surface area contributed by atoms with Crippen LogP contribution >= 0.6 is 0 Å². The molecule has 1 fully saturated rings. The molecule has 3 aromatic rings. The Labute approximate surface area is 187 Å². The molecule has 1 aliphatic heterocycles. The van der Waals surface area contributed by atoms with E-state index < -0.39 is 17.7 Å². The quantitative estimate of drug-likeness (QED) is 0.356. The van der Waals surface area contributed by atoms with E-state index in [0.717, 1.165) is 17.7 Å². The van der Waals surface area contributed by atoms with Crippen molar-refractivity contribution in [3.63, 3.8) is 0 Å². The number of hydrogen-bond donors (Lipinski definition) is 1. The number of Topliss-reactive ketones (excluding diaryl/α,β-unsaturated/α-hetero) is 1. The van der Waals surface area contributed by atoms with Crippen LogP contribution in [0.4, 0.5) is 11.4 Å². The zero-order chi connectivity index (χ0) is 23.0. The van der Waals surface area contributed by atoms with Crippen LogP contribution < -0.4 is 9.80 Å². The van der Waals surface area contributed by atoms with E-state index in [-0.39, 0.29) is 11.3 Å². The zero-order valence-electron chi connectivity index (χ0n) is 18.6. The topological polar surface area (TPSA) is 74.0 Å². The molecule has 2 aromatic carbocycles. The Hall–Kier alpha value is -3.80. The van der Waals surface area contributed by atoms with Crippen molar-refractivity contribution in [1.82, 2.24) is 0 Å². The molecular weight excluding hydrogens is 404 g/mol. The van der Waals surface area contributed by atoms with Crippen LogP contribution in [0.3, 0.4) is 0 Å². The minimum Gasteiger partial charge on any atom is -0.507 e. The van der Waals surface area contributed by atoms with Gasteiger partial charge in [0.15, 0.2) is 0 Å². The lowest BCUT2D eigenvalue weighted by Crippen LogP contribution is -2.29. The summed E-state index contributed by atoms with van der Waals surface area (Å²) in [5, 5.41) is 11.1. The van der Waals surface area contributed by atoms with Gasteiger partial charge in [-0.15, -0.1) is 0 Å². The highest BCUT2D eigenvalue weighted by Crippen LogP contribution is 2.42. The third-order valence-electron chi connectivity index (χ3n) is 5.75. The normalized spacial score (nSPS) is 17.8. The van der Waals surface area contributed by atoms with Gasteiger partial charge in [-0.3, -0.25) is 14.5 Å². The number of furan rings is 1. The smallest absolute Gasteiger partial charge is 0.300 e. The molecule has 1 amide bonds. The maximum atomic E-state index is 13.1. The number of aryl methyl sites for hydroxylation is 2. The van der Waals surface area contributed by atoms with E-state index in [2.05, 4.69) is 0 Å². The fourth-order valence-electron chi connectivity index (χ4n) is 3.93. The zero-order valence-corrected chi connectivity index (χ0v) is 18.6. The molecule has 32 heavy (non-hydrogen) atoms. The van der Waals surface area contributed by atoms with E-state index in [1.165, 1.54) is 4.90 Å². The molecule has 2 heterocycles. The second-order valence-corrected chi connectivity index (χ2v) is 8.08. The molecule has 0 bridgehead atoms. The lowest BCUT2D eigenvalue weighted by Gasteiger charge is -2.24. The van der Waals surface area contributed by atoms with Crippen LogP contribution in [-0.2, 0) is 16.0 Å². The molecule has 0 saturated carbocycles. The Morgan fingerprint density at radius 1 is 1.00 bits per heavy atom. The SMILES string of the molecule is CCc1ccc(/C(O)=C2/C(=O)C(=O)N(c3ccc(N(C)C)cc3)C2c2ccc(C)o2)cc1. The van der Waals surface area contributed by atoms with Gasteiger partial charge < -0.3 is 14.4 Å². The highest BCUT2D eigenvalue weighted by Gasteiger charge is 2.48. The summed E-state index contributed by atoms with van der Waals surface area (Å²) in [6.07, 6.45) is 0.861. The van der Waals surface area contributed by atoms with Crippen LogP contribution in [-0.4, -0.2) is 30.9 Å². The van der Waals surface area contributed by atoms with Crippen molar-refractivity contribution in [2.45, 2.75) is 26.3 Å². The van der Waals surface area contributed by atoms with Crippen molar-refractivity contribution in [3.05, 3.63) is 88.9 Å². The Kier molecular flexibility index (Phi) is 5.61. The predicted octanol–water partition coefficient (Wildman–Crippen LogP) is 4.84. The first-order valence-corrected chi connectivity index (χ1v) is 10.6. The Balaban J connectivity index is 1.87. The molecular formula is C26H26N2O4. The third-order valence-corrected chi connectivity index (χ3v) is 5.75. The summed E-state index contributed by atoms with van der Waals surface area (Å²) in [5.41, 5.74) is 3.13. The molecule has 0 aliphatic carbocycles. The molecule has 6 heteroatoms. The Morgan fingerprint density at radius 2 is 1.66 bits per heavy atom. The largest absolute Gasteiger partial charge is 0.507 e. The number of amides is 1. The van der Waals surface area contributed by atoms with Crippen molar-refractivity contribution in [2.24, 2.45) is 0 Å². The molecule has 6 nitrogen and oxygen atoms in total. The van der Waals surface area contributed by atoms with E-state index >= 15 is 0 Å². The fourth-order valence-corrected chi connectivity index (χ4v) is 3.93. The molecule has 164 valence electrons. The van der Waals surface area contributed by atoms with Crippen LogP contribution in [0.15, 0.2) is 70.7 Å². The molecule has 0 radical (unpaired) electrons. The van der Waals surface area contributed by atoms with Crippen molar-refractivity contribution < 1.29 is 19.1 Å². The first kappa shape index (κ1) is 21.4. The maximum absolute atomic E-state index is 13.1. The molecule has 0 spiro atoms. The first-order valence-electron chi connectivity index (χ1n) is 10.6. The van der Waals surface area contributed by atoms with Crippen LogP contribution in [0.5, 0.6) is 0 Å². The second kappa shape index (κ2) is 8.38. The molecule has 1 saturated heterocycles. The van der Waals surface area contributed by atoms with Gasteiger partial charge >= 0.3 is 0 Å². The first-order chi connectivity index (χ1) is 15.3. The van der Waals surface area contributed by atoms with Gasteiger partial charge in [-0.1, -0.05) is 31.2 Å². The van der Waals surface area contributed by atoms with Gasteiger partial charge in [-0.25, -0.2) is 0 Å². The highest BCUT2D eigenvalue weighted by molar-refractivity contribution is 6.51. The summed E-state index contributed by atoms with van der Waals surface area (Å²) in [6, 6.07) is 17.3. The number of aliphatic hydroxyl groups excluding tert-OH is 1. The Morgan fingerprint density at radius 3 is 2.19 bits per heavy atom. The van der Waals surface area contributed by atoms with Crippen LogP contribution in [0.2, 0.25) is 0 Å². The number of carbonyl (C=O) groups excluding carboxylic acids is 2. The molecule has 1 aliphatic rings. The number of benzene rings is 2. The van der Waals surface area contributed by atoms with E-state index in [9.17, 15) is 14.7 Å². The number of rotatable bonds is 5. The van der Waals surface area contributed by atoms with Crippen LogP contribution in [0.1, 0.15) is 35.6 Å². The number of anilines is 2. The minimum atomic E-state index is -0.861. The number of ketones is 1. The molecule has 1 N–H and O–H groups in total. The van der Waals surface area contributed by atoms with Crippen molar-refractivity contribution in [3.8, 4) is 0 Å². The van der Waals surface area contributed by atoms with Gasteiger partial charge in [0.25, 0.3) is 11.7 Å². The van der Waals surface area contributed by atoms with E-state index in [0.29, 0.717) is 22.8 Å². The number of nitrogens with zero attached hydrogens (tertiary/aromatic N) is 2. The average Bonchev–Trinajstić information content (AvgIpc) is 3.34. The predicted molar refractivity (Wildman–Crippen MR) is 125 cm³/mol. The summed E-state index contributed by atoms with van der Waals surface area (Å²) >= 11 is 0. The van der Waals surface area contributed by atoms with Gasteiger partial charge in [0, 0.05) is 31.0 Å². The van der Waals surface area contributed by atoms with E-state index in [1.807, 2.05) is 50.2 Å². The third kappa shape index (κ3) is 3.68. The monoisotopic (exact) mass is 430 g/mol. The van der Waals surface area contributed by atoms with Crippen LogP contribution in [0.25, 0.3) is 5.76 Å². The molecule has 1 aromatic heterocycles. The maximum Gasteiger partial charge on any atom is 0.300 e. The Bertz CT molecular complexity index is 1190. The molecule has 1 atom stereocenters. The lowest BCUT2D eigenvalue weighted by molar-refractivity contribution is -0.132. The van der Waals surface area contributed by atoms with Crippen molar-refractivity contribution >= 4 is 28.8 Å². The number of aliphatic hydroxyl groups is 1. The summed E-state index contributed by atoms with van der Waals surface area (Å²) < 4.78 is 5.83. The standard InChI is InChI=1S/C26H26N2O4/c1-5-17-7-9-18(10-8-17)24(29)22-23(21-15-6-16(2)32-21)28(26(31)25(22)30)20-13-11-19(12-14-20)27(3)4/h6-15,23,29H,5H2,1-4H3/b24-22-. The summed E-state index contributed by atoms with van der Waals surface area (Å²) in [5.74, 6) is -0.574. The van der Waals surface area contributed by atoms with Crippen molar-refractivity contribution in [2.75, 3.05) is 23.9 Å². The fraction of sp³-hybridized carbons (Fsp3) is 0.231. The number of carbonyl (C=O) groups is 2. The van der Waals surface area contributed by atoms with Gasteiger partial charge in [-0.05, 0) is 55.3 Å². The highest BCUT2D eigenvalue weighted by atomic mass is 16.3. The van der Waals surface area contributed by atoms with E-state index in [4.69, 9.17) is 4.42 Å². The minimum absolute atomic E-state index is 0.0188. The second-order valence-electron chi connectivity index (χ2n) is 8.08. The van der Waals surface area contributed by atoms with Gasteiger partial charge in [0.05, 0.1) is 5.57 Å². The van der Waals surface area contributed by atoms with Crippen LogP contribution in [0, 0.1) is 6.92 Å². The van der Waals surface area contributed by atoms with Gasteiger partial charge in [0.1, 0.15) is 23.3 Å². The summed E-state index contributed by atoms with van der Waals surface area (Å²) in [6.45, 7) is 3.84.